The molecule has 0 heterocycles. The first-order valence-corrected chi connectivity index (χ1v) is 7.80. The highest BCUT2D eigenvalue weighted by Gasteiger charge is 2.21. The maximum Gasteiger partial charge on any atom is 0.124 e. The first-order valence-electron chi connectivity index (χ1n) is 7.80. The molecule has 2 rings (SSSR count). The maximum atomic E-state index is 9.73. The Hall–Kier alpha value is -2.66. The summed E-state index contributed by atoms with van der Waals surface area (Å²) in [4.78, 5) is 8.80. The Bertz CT molecular complexity index is 669. The van der Waals surface area contributed by atoms with Gasteiger partial charge in [-0.25, -0.2) is 0 Å². The predicted octanol–water partition coefficient (Wildman–Crippen LogP) is 2.60. The molecule has 0 saturated carbocycles. The third kappa shape index (κ3) is 4.93. The number of aromatic hydroxyl groups is 2. The molecule has 0 aliphatic carbocycles. The minimum absolute atomic E-state index is 0.202. The van der Waals surface area contributed by atoms with Gasteiger partial charge in [-0.1, -0.05) is 31.2 Å². The first-order chi connectivity index (χ1) is 11.5. The van der Waals surface area contributed by atoms with Crippen LogP contribution in [0.15, 0.2) is 58.5 Å². The summed E-state index contributed by atoms with van der Waals surface area (Å²) in [5.74, 6) is 0.404. The van der Waals surface area contributed by atoms with Crippen LogP contribution in [-0.4, -0.2) is 42.3 Å². The fourth-order valence-electron chi connectivity index (χ4n) is 2.10. The number of phenolic OH excluding ortho intramolecular Hbond substituents is 2. The van der Waals surface area contributed by atoms with Gasteiger partial charge < -0.3 is 15.9 Å². The third-order valence-corrected chi connectivity index (χ3v) is 3.77. The number of nitrogens with zero attached hydrogens (tertiary/aromatic N) is 2. The number of hydrogen-bond donors (Lipinski definition) is 3. The molecule has 0 aromatic heterocycles. The molecule has 0 atom stereocenters. The van der Waals surface area contributed by atoms with Gasteiger partial charge >= 0.3 is 0 Å². The third-order valence-electron chi connectivity index (χ3n) is 3.77. The van der Waals surface area contributed by atoms with Crippen LogP contribution in [0.1, 0.15) is 18.1 Å². The van der Waals surface area contributed by atoms with Crippen molar-refractivity contribution in [1.82, 2.24) is 0 Å². The van der Waals surface area contributed by atoms with Crippen molar-refractivity contribution >= 4 is 12.4 Å². The molecule has 0 aliphatic rings. The van der Waals surface area contributed by atoms with Crippen molar-refractivity contribution in [2.75, 3.05) is 19.6 Å². The van der Waals surface area contributed by atoms with Gasteiger partial charge in [0.2, 0.25) is 0 Å². The molecule has 2 aromatic carbocycles. The molecule has 5 heteroatoms. The highest BCUT2D eigenvalue weighted by atomic mass is 16.3. The lowest BCUT2D eigenvalue weighted by Gasteiger charge is -2.23. The zero-order valence-corrected chi connectivity index (χ0v) is 13.8. The van der Waals surface area contributed by atoms with Crippen LogP contribution < -0.4 is 5.73 Å². The lowest BCUT2D eigenvalue weighted by atomic mass is 9.91. The molecule has 0 saturated heterocycles. The van der Waals surface area contributed by atoms with Gasteiger partial charge in [-0.2, -0.15) is 0 Å². The average Bonchev–Trinajstić information content (AvgIpc) is 2.58. The van der Waals surface area contributed by atoms with Gasteiger partial charge in [-0.3, -0.25) is 9.98 Å². The van der Waals surface area contributed by atoms with Gasteiger partial charge in [-0.15, -0.1) is 0 Å². The first kappa shape index (κ1) is 17.7. The zero-order valence-electron chi connectivity index (χ0n) is 13.8. The van der Waals surface area contributed by atoms with E-state index >= 15 is 0 Å². The normalized spacial score (nSPS) is 14.2. The van der Waals surface area contributed by atoms with Crippen LogP contribution in [0.25, 0.3) is 0 Å². The van der Waals surface area contributed by atoms with E-state index in [2.05, 4.69) is 9.98 Å². The molecule has 5 nitrogen and oxygen atoms in total. The second-order valence-corrected chi connectivity index (χ2v) is 6.07. The minimum atomic E-state index is -0.290. The van der Waals surface area contributed by atoms with E-state index in [0.717, 1.165) is 0 Å². The van der Waals surface area contributed by atoms with E-state index in [4.69, 9.17) is 5.73 Å². The molecule has 126 valence electrons. The van der Waals surface area contributed by atoms with E-state index in [9.17, 15) is 10.2 Å². The minimum Gasteiger partial charge on any atom is -0.507 e. The molecule has 0 fully saturated rings. The Kier molecular flexibility index (Phi) is 6.09. The van der Waals surface area contributed by atoms with E-state index < -0.39 is 0 Å². The zero-order chi connectivity index (χ0) is 17.4. The van der Waals surface area contributed by atoms with Crippen LogP contribution in [0.4, 0.5) is 0 Å². The topological polar surface area (TPSA) is 91.2 Å². The van der Waals surface area contributed by atoms with Crippen molar-refractivity contribution in [2.24, 2.45) is 21.1 Å². The van der Waals surface area contributed by atoms with Crippen molar-refractivity contribution in [3.8, 4) is 11.5 Å². The van der Waals surface area contributed by atoms with E-state index in [1.807, 2.05) is 19.1 Å². The summed E-state index contributed by atoms with van der Waals surface area (Å²) in [7, 11) is 0. The summed E-state index contributed by atoms with van der Waals surface area (Å²) < 4.78 is 0. The smallest absolute Gasteiger partial charge is 0.124 e. The second kappa shape index (κ2) is 8.26. The van der Waals surface area contributed by atoms with Gasteiger partial charge in [0.05, 0.1) is 0 Å². The Morgan fingerprint density at radius 3 is 1.67 bits per heavy atom. The number of rotatable bonds is 7. The van der Waals surface area contributed by atoms with E-state index in [0.29, 0.717) is 30.8 Å². The second-order valence-electron chi connectivity index (χ2n) is 6.07. The Labute approximate surface area is 142 Å². The molecular weight excluding hydrogens is 302 g/mol. The lowest BCUT2D eigenvalue weighted by molar-refractivity contribution is 0.364. The number of para-hydroxylation sites is 2. The molecule has 2 aromatic rings. The van der Waals surface area contributed by atoms with Crippen molar-refractivity contribution in [3.05, 3.63) is 59.7 Å². The van der Waals surface area contributed by atoms with Gasteiger partial charge in [-0.05, 0) is 24.3 Å². The van der Waals surface area contributed by atoms with Crippen molar-refractivity contribution in [2.45, 2.75) is 6.92 Å². The summed E-state index contributed by atoms with van der Waals surface area (Å²) in [6, 6.07) is 14.1. The molecule has 0 amide bonds. The van der Waals surface area contributed by atoms with E-state index in [-0.39, 0.29) is 16.9 Å². The Balaban J connectivity index is 1.98. The monoisotopic (exact) mass is 325 g/mol. The Morgan fingerprint density at radius 1 is 0.875 bits per heavy atom. The summed E-state index contributed by atoms with van der Waals surface area (Å²) in [5.41, 5.74) is 6.94. The summed E-state index contributed by atoms with van der Waals surface area (Å²) in [6.07, 6.45) is 3.30. The van der Waals surface area contributed by atoms with Gasteiger partial charge in [0, 0.05) is 48.6 Å². The van der Waals surface area contributed by atoms with Crippen LogP contribution in [0.2, 0.25) is 0 Å². The largest absolute Gasteiger partial charge is 0.507 e. The maximum absolute atomic E-state index is 9.73. The molecule has 4 N–H and O–H groups in total. The number of nitrogens with two attached hydrogens (primary N) is 1. The number of aliphatic imine (C=N–C) groups is 2. The number of hydrogen-bond acceptors (Lipinski definition) is 5. The van der Waals surface area contributed by atoms with Crippen LogP contribution in [-0.2, 0) is 0 Å². The van der Waals surface area contributed by atoms with E-state index in [1.54, 1.807) is 48.8 Å². The molecular formula is C19H23N3O2. The fraction of sp³-hybridized carbons (Fsp3) is 0.263. The van der Waals surface area contributed by atoms with Crippen LogP contribution in [0.3, 0.4) is 0 Å². The van der Waals surface area contributed by atoms with E-state index in [1.165, 1.54) is 0 Å². The molecule has 0 spiro atoms. The predicted molar refractivity (Wildman–Crippen MR) is 98.3 cm³/mol. The molecule has 0 unspecified atom stereocenters. The molecule has 0 bridgehead atoms. The highest BCUT2D eigenvalue weighted by molar-refractivity contribution is 5.83. The quantitative estimate of drug-likeness (QED) is 0.683. The molecule has 24 heavy (non-hydrogen) atoms. The standard InChI is InChI=1S/C19H23N3O2/c1-19(12-20,13-21-10-15-6-2-4-8-17(15)23)14-22-11-16-7-3-5-9-18(16)24/h2-11,23-24H,12-14,20H2,1H3. The van der Waals surface area contributed by atoms with Gasteiger partial charge in [0.15, 0.2) is 0 Å². The number of phenols is 2. The highest BCUT2D eigenvalue weighted by Crippen LogP contribution is 2.18. The van der Waals surface area contributed by atoms with Crippen LogP contribution >= 0.6 is 0 Å². The molecule has 0 aliphatic heterocycles. The van der Waals surface area contributed by atoms with Crippen LogP contribution in [0, 0.1) is 5.41 Å². The van der Waals surface area contributed by atoms with Crippen molar-refractivity contribution in [3.63, 3.8) is 0 Å². The fourth-order valence-corrected chi connectivity index (χ4v) is 2.10. The SMILES string of the molecule is CC(CN)(CN=Cc1ccccc1O)CN=Cc1ccccc1O. The van der Waals surface area contributed by atoms with Gasteiger partial charge in [0.1, 0.15) is 11.5 Å². The summed E-state index contributed by atoms with van der Waals surface area (Å²) >= 11 is 0. The summed E-state index contributed by atoms with van der Waals surface area (Å²) in [5, 5.41) is 19.5. The number of benzene rings is 2. The lowest BCUT2D eigenvalue weighted by Crippen LogP contribution is -2.33. The Morgan fingerprint density at radius 2 is 1.29 bits per heavy atom. The van der Waals surface area contributed by atoms with Crippen molar-refractivity contribution < 1.29 is 10.2 Å². The van der Waals surface area contributed by atoms with Crippen LogP contribution in [0.5, 0.6) is 11.5 Å². The van der Waals surface area contributed by atoms with Crippen molar-refractivity contribution in [1.29, 1.82) is 0 Å². The summed E-state index contributed by atoms with van der Waals surface area (Å²) in [6.45, 7) is 3.44. The molecule has 0 radical (unpaired) electrons. The van der Waals surface area contributed by atoms with Gasteiger partial charge in [0.25, 0.3) is 0 Å². The average molecular weight is 325 g/mol.